The first-order valence-electron chi connectivity index (χ1n) is 10.3. The zero-order chi connectivity index (χ0) is 23.6. The number of imide groups is 1. The molecule has 3 aromatic rings. The quantitative estimate of drug-likeness (QED) is 0.507. The second-order valence-electron chi connectivity index (χ2n) is 7.64. The van der Waals surface area contributed by atoms with Gasteiger partial charge in [-0.3, -0.25) is 14.5 Å². The maximum absolute atomic E-state index is 13.3. The molecule has 2 heterocycles. The Labute approximate surface area is 194 Å². The number of hydrogen-bond acceptors (Lipinski definition) is 4. The van der Waals surface area contributed by atoms with E-state index >= 15 is 0 Å². The molecule has 1 aliphatic heterocycles. The molecule has 170 valence electrons. The Bertz CT molecular complexity index is 1190. The van der Waals surface area contributed by atoms with Crippen LogP contribution in [0, 0.1) is 5.82 Å². The highest BCUT2D eigenvalue weighted by Gasteiger charge is 2.51. The molecule has 2 N–H and O–H groups in total. The number of nitrogens with zero attached hydrogens (tertiary/aromatic N) is 1. The first-order valence-corrected chi connectivity index (χ1v) is 10.7. The van der Waals surface area contributed by atoms with Gasteiger partial charge >= 0.3 is 6.03 Å². The first-order chi connectivity index (χ1) is 15.8. The Balaban J connectivity index is 1.39. The van der Waals surface area contributed by atoms with Crippen molar-refractivity contribution < 1.29 is 23.2 Å². The number of carbonyl (C=O) groups is 3. The van der Waals surface area contributed by atoms with Gasteiger partial charge < -0.3 is 15.1 Å². The molecule has 1 fully saturated rings. The van der Waals surface area contributed by atoms with Crippen LogP contribution in [0.1, 0.15) is 24.7 Å². The molecule has 1 aliphatic rings. The van der Waals surface area contributed by atoms with Crippen LogP contribution in [0.25, 0.3) is 11.3 Å². The van der Waals surface area contributed by atoms with Gasteiger partial charge in [-0.1, -0.05) is 30.7 Å². The maximum Gasteiger partial charge on any atom is 0.325 e. The Morgan fingerprint density at radius 3 is 2.45 bits per heavy atom. The summed E-state index contributed by atoms with van der Waals surface area (Å²) in [5, 5.41) is 5.94. The second kappa shape index (κ2) is 9.07. The third-order valence-electron chi connectivity index (χ3n) is 5.59. The molecule has 1 saturated heterocycles. The minimum absolute atomic E-state index is 0.0902. The highest BCUT2D eigenvalue weighted by Crippen LogP contribution is 2.32. The standard InChI is InChI=1S/C24H21ClFN3O4/c1-2-24(16-5-9-18(26)10-6-16)22(31)29(23(32)28-24)14-21(30)27-13-19-11-12-20(33-19)15-3-7-17(25)8-4-15/h3-12H,2,13-14H2,1H3,(H,27,30)(H,28,32). The summed E-state index contributed by atoms with van der Waals surface area (Å²) in [6.45, 7) is 1.38. The summed E-state index contributed by atoms with van der Waals surface area (Å²) in [6.07, 6.45) is 0.251. The third kappa shape index (κ3) is 4.47. The highest BCUT2D eigenvalue weighted by atomic mass is 35.5. The fourth-order valence-electron chi connectivity index (χ4n) is 3.77. The van der Waals surface area contributed by atoms with Crippen LogP contribution >= 0.6 is 11.6 Å². The number of amides is 4. The van der Waals surface area contributed by atoms with Crippen molar-refractivity contribution in [1.29, 1.82) is 0 Å². The molecule has 9 heteroatoms. The number of rotatable bonds is 7. The predicted octanol–water partition coefficient (Wildman–Crippen LogP) is 4.21. The van der Waals surface area contributed by atoms with Crippen LogP contribution in [0.2, 0.25) is 5.02 Å². The minimum atomic E-state index is -1.33. The van der Waals surface area contributed by atoms with Crippen LogP contribution in [0.4, 0.5) is 9.18 Å². The van der Waals surface area contributed by atoms with E-state index in [1.165, 1.54) is 24.3 Å². The molecule has 1 atom stereocenters. The maximum atomic E-state index is 13.3. The Kier molecular flexibility index (Phi) is 6.20. The Morgan fingerprint density at radius 2 is 1.79 bits per heavy atom. The lowest BCUT2D eigenvalue weighted by Gasteiger charge is -2.25. The van der Waals surface area contributed by atoms with Crippen LogP contribution in [0.15, 0.2) is 65.1 Å². The van der Waals surface area contributed by atoms with E-state index in [1.54, 1.807) is 31.2 Å². The van der Waals surface area contributed by atoms with Crippen molar-refractivity contribution >= 4 is 29.4 Å². The van der Waals surface area contributed by atoms with Crippen molar-refractivity contribution in [3.8, 4) is 11.3 Å². The molecule has 0 bridgehead atoms. The summed E-state index contributed by atoms with van der Waals surface area (Å²) in [7, 11) is 0. The van der Waals surface area contributed by atoms with Crippen molar-refractivity contribution in [3.63, 3.8) is 0 Å². The molecule has 1 aromatic heterocycles. The van der Waals surface area contributed by atoms with Gasteiger partial charge in [-0.2, -0.15) is 0 Å². The molecule has 0 saturated carbocycles. The third-order valence-corrected chi connectivity index (χ3v) is 5.85. The summed E-state index contributed by atoms with van der Waals surface area (Å²) in [6, 6.07) is 15.3. The van der Waals surface area contributed by atoms with Crippen molar-refractivity contribution in [3.05, 3.63) is 82.8 Å². The van der Waals surface area contributed by atoms with Crippen LogP contribution in [-0.4, -0.2) is 29.3 Å². The van der Waals surface area contributed by atoms with Gasteiger partial charge in [0.25, 0.3) is 5.91 Å². The van der Waals surface area contributed by atoms with E-state index in [4.69, 9.17) is 16.0 Å². The Hall–Kier alpha value is -3.65. The number of hydrogen-bond donors (Lipinski definition) is 2. The monoisotopic (exact) mass is 469 g/mol. The van der Waals surface area contributed by atoms with E-state index in [9.17, 15) is 18.8 Å². The number of halogens is 2. The summed E-state index contributed by atoms with van der Waals surface area (Å²) in [4.78, 5) is 38.9. The average molecular weight is 470 g/mol. The van der Waals surface area contributed by atoms with Crippen molar-refractivity contribution in [1.82, 2.24) is 15.5 Å². The molecule has 4 amide bonds. The summed E-state index contributed by atoms with van der Waals surface area (Å²) >= 11 is 5.90. The van der Waals surface area contributed by atoms with E-state index in [2.05, 4.69) is 10.6 Å². The second-order valence-corrected chi connectivity index (χ2v) is 8.07. The lowest BCUT2D eigenvalue weighted by atomic mass is 9.87. The van der Waals surface area contributed by atoms with Crippen LogP contribution in [0.5, 0.6) is 0 Å². The van der Waals surface area contributed by atoms with E-state index < -0.39 is 35.7 Å². The largest absolute Gasteiger partial charge is 0.459 e. The van der Waals surface area contributed by atoms with Gasteiger partial charge in [-0.15, -0.1) is 0 Å². The molecular weight excluding hydrogens is 449 g/mol. The molecule has 1 unspecified atom stereocenters. The molecule has 7 nitrogen and oxygen atoms in total. The number of urea groups is 1. The molecule has 0 spiro atoms. The van der Waals surface area contributed by atoms with Gasteiger partial charge in [-0.05, 0) is 60.5 Å². The predicted molar refractivity (Wildman–Crippen MR) is 120 cm³/mol. The zero-order valence-corrected chi connectivity index (χ0v) is 18.5. The smallest absolute Gasteiger partial charge is 0.325 e. The van der Waals surface area contributed by atoms with Gasteiger partial charge in [0.05, 0.1) is 6.54 Å². The normalized spacial score (nSPS) is 17.8. The topological polar surface area (TPSA) is 91.7 Å². The van der Waals surface area contributed by atoms with Crippen molar-refractivity contribution in [2.75, 3.05) is 6.54 Å². The number of carbonyl (C=O) groups excluding carboxylic acids is 3. The van der Waals surface area contributed by atoms with Gasteiger partial charge in [0.15, 0.2) is 0 Å². The van der Waals surface area contributed by atoms with Gasteiger partial charge in [0, 0.05) is 10.6 Å². The number of nitrogens with one attached hydrogen (secondary N) is 2. The van der Waals surface area contributed by atoms with Crippen molar-refractivity contribution in [2.45, 2.75) is 25.4 Å². The molecule has 33 heavy (non-hydrogen) atoms. The molecular formula is C24H21ClFN3O4. The molecule has 0 radical (unpaired) electrons. The van der Waals surface area contributed by atoms with E-state index in [-0.39, 0.29) is 13.0 Å². The summed E-state index contributed by atoms with van der Waals surface area (Å²) in [5.74, 6) is -0.388. The summed E-state index contributed by atoms with van der Waals surface area (Å²) < 4.78 is 19.1. The van der Waals surface area contributed by atoms with E-state index in [0.29, 0.717) is 22.1 Å². The highest BCUT2D eigenvalue weighted by molar-refractivity contribution is 6.30. The summed E-state index contributed by atoms with van der Waals surface area (Å²) in [5.41, 5.74) is -0.0366. The SMILES string of the molecule is CCC1(c2ccc(F)cc2)NC(=O)N(CC(=O)NCc2ccc(-c3ccc(Cl)cc3)o2)C1=O. The average Bonchev–Trinajstić information content (AvgIpc) is 3.38. The number of furan rings is 1. The first kappa shape index (κ1) is 22.5. The molecule has 4 rings (SSSR count). The fraction of sp³-hybridized carbons (Fsp3) is 0.208. The van der Waals surface area contributed by atoms with E-state index in [0.717, 1.165) is 10.5 Å². The number of benzene rings is 2. The fourth-order valence-corrected chi connectivity index (χ4v) is 3.90. The lowest BCUT2D eigenvalue weighted by molar-refractivity contribution is -0.135. The van der Waals surface area contributed by atoms with Gasteiger partial charge in [0.2, 0.25) is 5.91 Å². The van der Waals surface area contributed by atoms with E-state index in [1.807, 2.05) is 12.1 Å². The molecule has 2 aromatic carbocycles. The van der Waals surface area contributed by atoms with Gasteiger partial charge in [-0.25, -0.2) is 9.18 Å². The van der Waals surface area contributed by atoms with Gasteiger partial charge in [0.1, 0.15) is 29.4 Å². The minimum Gasteiger partial charge on any atom is -0.459 e. The van der Waals surface area contributed by atoms with Crippen LogP contribution in [0.3, 0.4) is 0 Å². The Morgan fingerprint density at radius 1 is 1.09 bits per heavy atom. The van der Waals surface area contributed by atoms with Crippen molar-refractivity contribution in [2.24, 2.45) is 0 Å². The van der Waals surface area contributed by atoms with Crippen LogP contribution in [-0.2, 0) is 21.7 Å². The molecule has 0 aliphatic carbocycles. The van der Waals surface area contributed by atoms with Crippen LogP contribution < -0.4 is 10.6 Å². The zero-order valence-electron chi connectivity index (χ0n) is 17.7. The lowest BCUT2D eigenvalue weighted by Crippen LogP contribution is -2.44.